The van der Waals surface area contributed by atoms with Crippen LogP contribution in [0.1, 0.15) is 27.0 Å². The van der Waals surface area contributed by atoms with Crippen molar-refractivity contribution in [3.8, 4) is 5.75 Å². The zero-order valence-corrected chi connectivity index (χ0v) is 12.1. The highest BCUT2D eigenvalue weighted by atomic mass is 16.3. The molecule has 0 unspecified atom stereocenters. The second-order valence-electron chi connectivity index (χ2n) is 5.15. The molecule has 3 heteroatoms. The molecule has 0 fully saturated rings. The third-order valence-corrected chi connectivity index (χ3v) is 3.29. The molecule has 0 aromatic heterocycles. The van der Waals surface area contributed by atoms with Crippen molar-refractivity contribution in [1.82, 2.24) is 4.90 Å². The van der Waals surface area contributed by atoms with E-state index in [4.69, 9.17) is 0 Å². The lowest BCUT2D eigenvalue weighted by molar-refractivity contribution is 0.0784. The summed E-state index contributed by atoms with van der Waals surface area (Å²) in [6, 6.07) is 12.9. The van der Waals surface area contributed by atoms with Crippen LogP contribution in [0.4, 0.5) is 0 Å². The first-order valence-corrected chi connectivity index (χ1v) is 6.58. The van der Waals surface area contributed by atoms with Crippen LogP contribution in [0.25, 0.3) is 0 Å². The average molecular weight is 269 g/mol. The quantitative estimate of drug-likeness (QED) is 0.929. The summed E-state index contributed by atoms with van der Waals surface area (Å²) < 4.78 is 0. The van der Waals surface area contributed by atoms with Crippen LogP contribution in [0.15, 0.2) is 42.5 Å². The van der Waals surface area contributed by atoms with Crippen LogP contribution < -0.4 is 0 Å². The van der Waals surface area contributed by atoms with Gasteiger partial charge in [0.25, 0.3) is 5.91 Å². The van der Waals surface area contributed by atoms with Crippen LogP contribution in [0, 0.1) is 13.8 Å². The molecular weight excluding hydrogens is 250 g/mol. The number of benzene rings is 2. The van der Waals surface area contributed by atoms with Crippen molar-refractivity contribution < 1.29 is 9.90 Å². The van der Waals surface area contributed by atoms with Crippen LogP contribution in [0.2, 0.25) is 0 Å². The largest absolute Gasteiger partial charge is 0.508 e. The molecule has 0 heterocycles. The Morgan fingerprint density at radius 3 is 2.55 bits per heavy atom. The molecular formula is C17H19NO2. The van der Waals surface area contributed by atoms with E-state index in [2.05, 4.69) is 6.07 Å². The molecule has 0 radical (unpaired) electrons. The summed E-state index contributed by atoms with van der Waals surface area (Å²) in [5.74, 6) is 0.143. The molecule has 104 valence electrons. The van der Waals surface area contributed by atoms with Crippen molar-refractivity contribution in [2.24, 2.45) is 0 Å². The zero-order chi connectivity index (χ0) is 14.7. The highest BCUT2D eigenvalue weighted by Gasteiger charge is 2.14. The predicted molar refractivity (Wildman–Crippen MR) is 79.8 cm³/mol. The summed E-state index contributed by atoms with van der Waals surface area (Å²) in [4.78, 5) is 14.1. The van der Waals surface area contributed by atoms with Gasteiger partial charge in [0.15, 0.2) is 0 Å². The number of aromatic hydroxyl groups is 1. The Morgan fingerprint density at radius 1 is 1.15 bits per heavy atom. The van der Waals surface area contributed by atoms with Crippen molar-refractivity contribution in [3.63, 3.8) is 0 Å². The number of nitrogens with zero attached hydrogens (tertiary/aromatic N) is 1. The van der Waals surface area contributed by atoms with E-state index in [9.17, 15) is 9.90 Å². The van der Waals surface area contributed by atoms with Crippen molar-refractivity contribution in [2.45, 2.75) is 20.4 Å². The summed E-state index contributed by atoms with van der Waals surface area (Å²) in [7, 11) is 1.79. The smallest absolute Gasteiger partial charge is 0.254 e. The number of rotatable bonds is 3. The topological polar surface area (TPSA) is 40.5 Å². The van der Waals surface area contributed by atoms with Crippen molar-refractivity contribution in [3.05, 3.63) is 64.7 Å². The molecule has 0 saturated carbocycles. The van der Waals surface area contributed by atoms with Gasteiger partial charge >= 0.3 is 0 Å². The fourth-order valence-corrected chi connectivity index (χ4v) is 2.25. The Kier molecular flexibility index (Phi) is 4.08. The molecule has 0 bridgehead atoms. The summed E-state index contributed by atoms with van der Waals surface area (Å²) in [5, 5.41) is 9.40. The molecule has 20 heavy (non-hydrogen) atoms. The molecule has 0 spiro atoms. The highest BCUT2D eigenvalue weighted by molar-refractivity contribution is 5.95. The van der Waals surface area contributed by atoms with Crippen LogP contribution in [0.5, 0.6) is 5.75 Å². The maximum absolute atomic E-state index is 12.4. The molecule has 2 rings (SSSR count). The number of phenolic OH excluding ortho intramolecular Hbond substituents is 1. The van der Waals surface area contributed by atoms with E-state index in [0.717, 1.165) is 11.1 Å². The third-order valence-electron chi connectivity index (χ3n) is 3.29. The Balaban J connectivity index is 2.16. The van der Waals surface area contributed by atoms with E-state index < -0.39 is 0 Å². The third kappa shape index (κ3) is 3.18. The Hall–Kier alpha value is -2.29. The number of hydrogen-bond donors (Lipinski definition) is 1. The lowest BCUT2D eigenvalue weighted by Gasteiger charge is -2.19. The fraction of sp³-hybridized carbons (Fsp3) is 0.235. The second kappa shape index (κ2) is 5.78. The summed E-state index contributed by atoms with van der Waals surface area (Å²) in [6.07, 6.45) is 0. The zero-order valence-electron chi connectivity index (χ0n) is 12.1. The molecule has 1 amide bonds. The number of hydrogen-bond acceptors (Lipinski definition) is 2. The van der Waals surface area contributed by atoms with Crippen LogP contribution >= 0.6 is 0 Å². The van der Waals surface area contributed by atoms with Crippen molar-refractivity contribution in [1.29, 1.82) is 0 Å². The molecule has 0 aliphatic carbocycles. The van der Waals surface area contributed by atoms with E-state index in [1.54, 1.807) is 30.1 Å². The van der Waals surface area contributed by atoms with Gasteiger partial charge in [0.05, 0.1) is 0 Å². The van der Waals surface area contributed by atoms with E-state index >= 15 is 0 Å². The van der Waals surface area contributed by atoms with Gasteiger partial charge in [-0.2, -0.15) is 0 Å². The van der Waals surface area contributed by atoms with Gasteiger partial charge in [0, 0.05) is 19.2 Å². The second-order valence-corrected chi connectivity index (χ2v) is 5.15. The Labute approximate surface area is 119 Å². The lowest BCUT2D eigenvalue weighted by Crippen LogP contribution is -2.26. The summed E-state index contributed by atoms with van der Waals surface area (Å²) in [5.41, 5.74) is 3.70. The molecule has 1 N–H and O–H groups in total. The van der Waals surface area contributed by atoms with Gasteiger partial charge in [-0.05, 0) is 43.2 Å². The molecule has 0 atom stereocenters. The van der Waals surface area contributed by atoms with Crippen LogP contribution in [-0.4, -0.2) is 23.0 Å². The minimum absolute atomic E-state index is 0.0380. The number of phenols is 1. The Morgan fingerprint density at radius 2 is 1.90 bits per heavy atom. The number of carbonyl (C=O) groups excluding carboxylic acids is 1. The molecule has 0 aliphatic heterocycles. The van der Waals surface area contributed by atoms with E-state index in [1.165, 1.54) is 5.56 Å². The van der Waals surface area contributed by atoms with Gasteiger partial charge in [0.2, 0.25) is 0 Å². The van der Waals surface area contributed by atoms with E-state index in [0.29, 0.717) is 12.1 Å². The molecule has 3 nitrogen and oxygen atoms in total. The van der Waals surface area contributed by atoms with Crippen molar-refractivity contribution >= 4 is 5.91 Å². The van der Waals surface area contributed by atoms with Gasteiger partial charge < -0.3 is 10.0 Å². The minimum atomic E-state index is -0.0380. The average Bonchev–Trinajstić information content (AvgIpc) is 2.38. The van der Waals surface area contributed by atoms with Crippen molar-refractivity contribution in [2.75, 3.05) is 7.05 Å². The van der Waals surface area contributed by atoms with Crippen LogP contribution in [0.3, 0.4) is 0 Å². The highest BCUT2D eigenvalue weighted by Crippen LogP contribution is 2.18. The van der Waals surface area contributed by atoms with E-state index in [1.807, 2.05) is 32.0 Å². The van der Waals surface area contributed by atoms with Gasteiger partial charge in [-0.3, -0.25) is 4.79 Å². The number of aryl methyl sites for hydroxylation is 2. The first kappa shape index (κ1) is 14.1. The maximum Gasteiger partial charge on any atom is 0.254 e. The van der Waals surface area contributed by atoms with Gasteiger partial charge in [-0.25, -0.2) is 0 Å². The number of amides is 1. The van der Waals surface area contributed by atoms with Crippen LogP contribution in [-0.2, 0) is 6.54 Å². The molecule has 2 aromatic rings. The first-order valence-electron chi connectivity index (χ1n) is 6.58. The van der Waals surface area contributed by atoms with Gasteiger partial charge in [0.1, 0.15) is 5.75 Å². The monoisotopic (exact) mass is 269 g/mol. The standard InChI is InChI=1S/C17H19NO2/c1-12-5-4-6-14(9-12)11-18(3)17(20)16-8-7-15(19)10-13(16)2/h4-10,19H,11H2,1-3H3. The minimum Gasteiger partial charge on any atom is -0.508 e. The molecule has 0 saturated heterocycles. The lowest BCUT2D eigenvalue weighted by atomic mass is 10.1. The Bertz CT molecular complexity index is 635. The molecule has 0 aliphatic rings. The maximum atomic E-state index is 12.4. The van der Waals surface area contributed by atoms with E-state index in [-0.39, 0.29) is 11.7 Å². The van der Waals surface area contributed by atoms with Gasteiger partial charge in [-0.1, -0.05) is 29.8 Å². The molecule has 2 aromatic carbocycles. The summed E-state index contributed by atoms with van der Waals surface area (Å²) in [6.45, 7) is 4.43. The fourth-order valence-electron chi connectivity index (χ4n) is 2.25. The number of carbonyl (C=O) groups is 1. The first-order chi connectivity index (χ1) is 9.47. The summed E-state index contributed by atoms with van der Waals surface area (Å²) >= 11 is 0. The van der Waals surface area contributed by atoms with Gasteiger partial charge in [-0.15, -0.1) is 0 Å². The predicted octanol–water partition coefficient (Wildman–Crippen LogP) is 3.28. The normalized spacial score (nSPS) is 10.3. The SMILES string of the molecule is Cc1cccc(CN(C)C(=O)c2ccc(O)cc2C)c1.